The highest BCUT2D eigenvalue weighted by atomic mass is 35.5. The van der Waals surface area contributed by atoms with Crippen LogP contribution in [-0.4, -0.2) is 13.0 Å². The highest BCUT2D eigenvalue weighted by Gasteiger charge is 2.15. The molecule has 3 N–H and O–H groups in total. The van der Waals surface area contributed by atoms with Crippen LogP contribution in [0.4, 0.5) is 15.8 Å². The maximum Gasteiger partial charge on any atom is 0.258 e. The van der Waals surface area contributed by atoms with Gasteiger partial charge in [0.1, 0.15) is 11.6 Å². The maximum absolute atomic E-state index is 13.7. The molecule has 0 fully saturated rings. The molecule has 0 radical (unpaired) electrons. The Morgan fingerprint density at radius 2 is 2.05 bits per heavy atom. The number of halogens is 2. The van der Waals surface area contributed by atoms with Gasteiger partial charge < -0.3 is 15.8 Å². The molecule has 0 spiro atoms. The molecule has 0 saturated carbocycles. The van der Waals surface area contributed by atoms with Crippen molar-refractivity contribution in [2.24, 2.45) is 0 Å². The average molecular weight is 309 g/mol. The molecule has 0 heterocycles. The first-order valence-corrected chi connectivity index (χ1v) is 6.50. The van der Waals surface area contributed by atoms with Crippen molar-refractivity contribution < 1.29 is 13.9 Å². The van der Waals surface area contributed by atoms with Crippen LogP contribution >= 0.6 is 11.6 Å². The van der Waals surface area contributed by atoms with Crippen LogP contribution in [0.15, 0.2) is 30.3 Å². The summed E-state index contributed by atoms with van der Waals surface area (Å²) >= 11 is 5.99. The van der Waals surface area contributed by atoms with E-state index in [2.05, 4.69) is 5.32 Å². The molecule has 0 aromatic heterocycles. The van der Waals surface area contributed by atoms with E-state index in [-0.39, 0.29) is 11.3 Å². The summed E-state index contributed by atoms with van der Waals surface area (Å²) in [7, 11) is 1.46. The fourth-order valence-corrected chi connectivity index (χ4v) is 1.99. The van der Waals surface area contributed by atoms with Crippen molar-refractivity contribution >= 4 is 28.9 Å². The van der Waals surface area contributed by atoms with Gasteiger partial charge in [-0.3, -0.25) is 4.79 Å². The quantitative estimate of drug-likeness (QED) is 0.851. The predicted molar refractivity (Wildman–Crippen MR) is 81.5 cm³/mol. The van der Waals surface area contributed by atoms with E-state index >= 15 is 0 Å². The number of nitrogen functional groups attached to an aromatic ring is 1. The van der Waals surface area contributed by atoms with Crippen LogP contribution in [-0.2, 0) is 0 Å². The molecule has 0 aliphatic rings. The van der Waals surface area contributed by atoms with Crippen molar-refractivity contribution in [1.82, 2.24) is 0 Å². The van der Waals surface area contributed by atoms with Gasteiger partial charge in [0.15, 0.2) is 0 Å². The Morgan fingerprint density at radius 1 is 1.33 bits per heavy atom. The molecule has 0 aliphatic carbocycles. The molecule has 4 nitrogen and oxygen atoms in total. The number of rotatable bonds is 3. The first kappa shape index (κ1) is 15.1. The minimum absolute atomic E-state index is 0.0983. The van der Waals surface area contributed by atoms with E-state index in [0.717, 1.165) is 11.6 Å². The summed E-state index contributed by atoms with van der Waals surface area (Å²) in [4.78, 5) is 12.1. The molecule has 1 amide bonds. The Balaban J connectivity index is 2.33. The minimum Gasteiger partial charge on any atom is -0.495 e. The van der Waals surface area contributed by atoms with E-state index < -0.39 is 11.7 Å². The summed E-state index contributed by atoms with van der Waals surface area (Å²) in [6.45, 7) is 1.79. The highest BCUT2D eigenvalue weighted by Crippen LogP contribution is 2.31. The van der Waals surface area contributed by atoms with Gasteiger partial charge in [-0.05, 0) is 36.8 Å². The molecular formula is C15H14ClFN2O2. The van der Waals surface area contributed by atoms with E-state index in [4.69, 9.17) is 22.1 Å². The number of anilines is 2. The lowest BCUT2D eigenvalue weighted by molar-refractivity contribution is 0.102. The highest BCUT2D eigenvalue weighted by molar-refractivity contribution is 6.31. The van der Waals surface area contributed by atoms with Crippen molar-refractivity contribution in [2.75, 3.05) is 18.2 Å². The van der Waals surface area contributed by atoms with Gasteiger partial charge in [0.05, 0.1) is 18.4 Å². The second-order valence-corrected chi connectivity index (χ2v) is 4.90. The molecule has 2 aromatic rings. The number of methoxy groups -OCH3 is 1. The van der Waals surface area contributed by atoms with Gasteiger partial charge >= 0.3 is 0 Å². The lowest BCUT2D eigenvalue weighted by Gasteiger charge is -2.12. The van der Waals surface area contributed by atoms with Crippen LogP contribution in [0, 0.1) is 12.7 Å². The number of ether oxygens (including phenoxy) is 1. The molecule has 21 heavy (non-hydrogen) atoms. The SMILES string of the molecule is COc1cc(Cl)c(C)cc1NC(=O)c1ccc(N)cc1F. The number of benzene rings is 2. The molecule has 2 rings (SSSR count). The lowest BCUT2D eigenvalue weighted by Crippen LogP contribution is -2.14. The van der Waals surface area contributed by atoms with E-state index in [1.54, 1.807) is 19.1 Å². The second-order valence-electron chi connectivity index (χ2n) is 4.50. The van der Waals surface area contributed by atoms with Gasteiger partial charge in [-0.15, -0.1) is 0 Å². The fraction of sp³-hybridized carbons (Fsp3) is 0.133. The monoisotopic (exact) mass is 308 g/mol. The van der Waals surface area contributed by atoms with Crippen molar-refractivity contribution in [3.05, 3.63) is 52.3 Å². The Morgan fingerprint density at radius 3 is 2.67 bits per heavy atom. The maximum atomic E-state index is 13.7. The van der Waals surface area contributed by atoms with Crippen LogP contribution < -0.4 is 15.8 Å². The molecule has 2 aromatic carbocycles. The second kappa shape index (κ2) is 6.01. The fourth-order valence-electron chi connectivity index (χ4n) is 1.83. The summed E-state index contributed by atoms with van der Waals surface area (Å²) in [5, 5.41) is 3.12. The first-order chi connectivity index (χ1) is 9.92. The zero-order valence-electron chi connectivity index (χ0n) is 11.5. The average Bonchev–Trinajstić information content (AvgIpc) is 2.42. The molecule has 6 heteroatoms. The Kier molecular flexibility index (Phi) is 4.33. The van der Waals surface area contributed by atoms with Gasteiger partial charge in [-0.25, -0.2) is 4.39 Å². The summed E-state index contributed by atoms with van der Waals surface area (Å²) < 4.78 is 18.9. The van der Waals surface area contributed by atoms with Crippen LogP contribution in [0.2, 0.25) is 5.02 Å². The van der Waals surface area contributed by atoms with Gasteiger partial charge in [0, 0.05) is 16.8 Å². The smallest absolute Gasteiger partial charge is 0.258 e. The largest absolute Gasteiger partial charge is 0.495 e. The van der Waals surface area contributed by atoms with Crippen LogP contribution in [0.5, 0.6) is 5.75 Å². The first-order valence-electron chi connectivity index (χ1n) is 6.13. The molecule has 0 saturated heterocycles. The van der Waals surface area contributed by atoms with Crippen molar-refractivity contribution in [1.29, 1.82) is 0 Å². The van der Waals surface area contributed by atoms with Crippen molar-refractivity contribution in [3.8, 4) is 5.75 Å². The van der Waals surface area contributed by atoms with Gasteiger partial charge in [-0.2, -0.15) is 0 Å². The molecule has 0 atom stereocenters. The van der Waals surface area contributed by atoms with Crippen LogP contribution in [0.1, 0.15) is 15.9 Å². The summed E-state index contributed by atoms with van der Waals surface area (Å²) in [5.74, 6) is -0.875. The van der Waals surface area contributed by atoms with E-state index in [0.29, 0.717) is 16.5 Å². The molecule has 110 valence electrons. The number of nitrogens with two attached hydrogens (primary N) is 1. The summed E-state index contributed by atoms with van der Waals surface area (Å²) in [6, 6.07) is 7.14. The predicted octanol–water partition coefficient (Wildman–Crippen LogP) is 3.63. The van der Waals surface area contributed by atoms with E-state index in [1.165, 1.54) is 19.2 Å². The van der Waals surface area contributed by atoms with Crippen molar-refractivity contribution in [2.45, 2.75) is 6.92 Å². The number of amides is 1. The van der Waals surface area contributed by atoms with Gasteiger partial charge in [0.25, 0.3) is 5.91 Å². The molecular weight excluding hydrogens is 295 g/mol. The third-order valence-corrected chi connectivity index (χ3v) is 3.37. The Labute approximate surface area is 126 Å². The van der Waals surface area contributed by atoms with Gasteiger partial charge in [0.2, 0.25) is 0 Å². The number of hydrogen-bond acceptors (Lipinski definition) is 3. The normalized spacial score (nSPS) is 10.3. The zero-order valence-corrected chi connectivity index (χ0v) is 12.3. The standard InChI is InChI=1S/C15H14ClFN2O2/c1-8-5-13(14(21-2)7-11(8)16)19-15(20)10-4-3-9(18)6-12(10)17/h3-7H,18H2,1-2H3,(H,19,20). The van der Waals surface area contributed by atoms with Gasteiger partial charge in [-0.1, -0.05) is 11.6 Å². The minimum atomic E-state index is -0.683. The summed E-state index contributed by atoms with van der Waals surface area (Å²) in [5.41, 5.74) is 6.80. The Hall–Kier alpha value is -2.27. The number of carbonyl (C=O) groups excluding carboxylic acids is 1. The molecule has 0 unspecified atom stereocenters. The summed E-state index contributed by atoms with van der Waals surface area (Å²) in [6.07, 6.45) is 0. The third kappa shape index (κ3) is 3.25. The number of hydrogen-bond donors (Lipinski definition) is 2. The van der Waals surface area contributed by atoms with E-state index in [9.17, 15) is 9.18 Å². The van der Waals surface area contributed by atoms with Crippen LogP contribution in [0.25, 0.3) is 0 Å². The molecule has 0 aliphatic heterocycles. The number of nitrogens with one attached hydrogen (secondary N) is 1. The topological polar surface area (TPSA) is 64.3 Å². The van der Waals surface area contributed by atoms with Crippen molar-refractivity contribution in [3.63, 3.8) is 0 Å². The number of carbonyl (C=O) groups is 1. The molecule has 0 bridgehead atoms. The third-order valence-electron chi connectivity index (χ3n) is 2.97. The number of aryl methyl sites for hydroxylation is 1. The Bertz CT molecular complexity index is 704. The van der Waals surface area contributed by atoms with Crippen LogP contribution in [0.3, 0.4) is 0 Å². The van der Waals surface area contributed by atoms with E-state index in [1.807, 2.05) is 0 Å². The lowest BCUT2D eigenvalue weighted by atomic mass is 10.1. The zero-order chi connectivity index (χ0) is 15.6.